The molecule has 0 spiro atoms. The second-order valence-electron chi connectivity index (χ2n) is 5.90. The van der Waals surface area contributed by atoms with Gasteiger partial charge >= 0.3 is 0 Å². The molecular weight excluding hydrogens is 242 g/mol. The highest BCUT2D eigenvalue weighted by Gasteiger charge is 2.01. The van der Waals surface area contributed by atoms with E-state index < -0.39 is 0 Å². The van der Waals surface area contributed by atoms with Gasteiger partial charge in [0.2, 0.25) is 0 Å². The standard InChI is InChI=1S/C19H33N/c1-8-11-19(17(6)14-15(3)4)20-18(7)13-10-12-16(5)9-2/h11,14-15H,5,8-10,12-13H2,1-4,6-7H3/b17-14-,19-11+,20-18?. The van der Waals surface area contributed by atoms with Gasteiger partial charge < -0.3 is 0 Å². The summed E-state index contributed by atoms with van der Waals surface area (Å²) >= 11 is 0. The Hall–Kier alpha value is -1.11. The molecule has 0 N–H and O–H groups in total. The van der Waals surface area contributed by atoms with Crippen LogP contribution in [0.4, 0.5) is 0 Å². The average molecular weight is 275 g/mol. The molecular formula is C19H33N. The molecule has 0 aliphatic heterocycles. The van der Waals surface area contributed by atoms with E-state index in [0.717, 1.165) is 37.8 Å². The lowest BCUT2D eigenvalue weighted by Crippen LogP contribution is -1.96. The van der Waals surface area contributed by atoms with Crippen molar-refractivity contribution in [2.24, 2.45) is 10.9 Å². The molecule has 0 aliphatic rings. The van der Waals surface area contributed by atoms with Gasteiger partial charge in [0.25, 0.3) is 0 Å². The Morgan fingerprint density at radius 1 is 1.15 bits per heavy atom. The van der Waals surface area contributed by atoms with Crippen LogP contribution >= 0.6 is 0 Å². The van der Waals surface area contributed by atoms with Gasteiger partial charge in [0.15, 0.2) is 0 Å². The van der Waals surface area contributed by atoms with Crippen molar-refractivity contribution in [3.05, 3.63) is 35.6 Å². The number of hydrogen-bond acceptors (Lipinski definition) is 1. The van der Waals surface area contributed by atoms with Gasteiger partial charge in [-0.05, 0) is 57.4 Å². The summed E-state index contributed by atoms with van der Waals surface area (Å²) in [5.41, 5.74) is 5.01. The van der Waals surface area contributed by atoms with Gasteiger partial charge in [-0.15, -0.1) is 0 Å². The van der Waals surface area contributed by atoms with Crippen molar-refractivity contribution in [2.45, 2.75) is 73.6 Å². The van der Waals surface area contributed by atoms with Crippen molar-refractivity contribution in [1.82, 2.24) is 0 Å². The van der Waals surface area contributed by atoms with Crippen molar-refractivity contribution < 1.29 is 0 Å². The van der Waals surface area contributed by atoms with E-state index in [9.17, 15) is 0 Å². The number of rotatable bonds is 9. The molecule has 0 aromatic carbocycles. The molecule has 0 amide bonds. The Bertz CT molecular complexity index is 381. The number of hydrogen-bond donors (Lipinski definition) is 0. The first-order valence-electron chi connectivity index (χ1n) is 8.00. The molecule has 20 heavy (non-hydrogen) atoms. The molecule has 0 rings (SSSR count). The van der Waals surface area contributed by atoms with Crippen LogP contribution in [0.15, 0.2) is 40.6 Å². The molecule has 1 nitrogen and oxygen atoms in total. The van der Waals surface area contributed by atoms with Crippen molar-refractivity contribution >= 4 is 5.71 Å². The number of allylic oxidation sites excluding steroid dienone is 4. The van der Waals surface area contributed by atoms with Crippen molar-refractivity contribution in [3.8, 4) is 0 Å². The highest BCUT2D eigenvalue weighted by Crippen LogP contribution is 2.16. The van der Waals surface area contributed by atoms with E-state index in [-0.39, 0.29) is 0 Å². The van der Waals surface area contributed by atoms with E-state index >= 15 is 0 Å². The quantitative estimate of drug-likeness (QED) is 0.259. The third-order valence-electron chi connectivity index (χ3n) is 3.27. The van der Waals surface area contributed by atoms with Crippen LogP contribution in [0.25, 0.3) is 0 Å². The Kier molecular flexibility index (Phi) is 10.1. The number of aliphatic imine (C=N–C) groups is 1. The van der Waals surface area contributed by atoms with Crippen LogP contribution in [0.1, 0.15) is 73.6 Å². The normalized spacial score (nSPS) is 14.1. The lowest BCUT2D eigenvalue weighted by molar-refractivity contribution is 0.817. The maximum Gasteiger partial charge on any atom is 0.0615 e. The van der Waals surface area contributed by atoms with E-state index in [4.69, 9.17) is 4.99 Å². The molecule has 114 valence electrons. The minimum atomic E-state index is 0.568. The van der Waals surface area contributed by atoms with Crippen LogP contribution in [-0.2, 0) is 0 Å². The first kappa shape index (κ1) is 18.9. The summed E-state index contributed by atoms with van der Waals surface area (Å²) in [7, 11) is 0. The van der Waals surface area contributed by atoms with E-state index in [1.54, 1.807) is 0 Å². The van der Waals surface area contributed by atoms with Crippen LogP contribution in [0.5, 0.6) is 0 Å². The summed E-state index contributed by atoms with van der Waals surface area (Å²) in [4.78, 5) is 4.82. The lowest BCUT2D eigenvalue weighted by Gasteiger charge is -2.08. The van der Waals surface area contributed by atoms with Crippen molar-refractivity contribution in [2.75, 3.05) is 0 Å². The molecule has 0 aromatic rings. The fourth-order valence-electron chi connectivity index (χ4n) is 2.11. The van der Waals surface area contributed by atoms with E-state index in [1.807, 2.05) is 0 Å². The zero-order valence-electron chi connectivity index (χ0n) is 14.4. The molecule has 0 saturated heterocycles. The van der Waals surface area contributed by atoms with Crippen LogP contribution in [0, 0.1) is 5.92 Å². The SMILES string of the molecule is C=C(CC)CCCC(C)=NC(=C/CC)/C(C)=C\C(C)C. The molecule has 1 heteroatoms. The predicted octanol–water partition coefficient (Wildman–Crippen LogP) is 6.48. The van der Waals surface area contributed by atoms with Gasteiger partial charge in [0.1, 0.15) is 0 Å². The fourth-order valence-corrected chi connectivity index (χ4v) is 2.11. The molecule has 0 aromatic heterocycles. The largest absolute Gasteiger partial charge is 0.258 e. The second kappa shape index (κ2) is 10.7. The average Bonchev–Trinajstić information content (AvgIpc) is 2.37. The molecule has 0 radical (unpaired) electrons. The number of nitrogens with zero attached hydrogens (tertiary/aromatic N) is 1. The summed E-state index contributed by atoms with van der Waals surface area (Å²) < 4.78 is 0. The zero-order valence-corrected chi connectivity index (χ0v) is 14.4. The first-order chi connectivity index (χ1) is 9.40. The first-order valence-corrected chi connectivity index (χ1v) is 8.00. The molecule has 0 aliphatic carbocycles. The molecule has 0 saturated carbocycles. The van der Waals surface area contributed by atoms with Gasteiger partial charge in [-0.25, -0.2) is 0 Å². The Morgan fingerprint density at radius 2 is 1.80 bits per heavy atom. The summed E-state index contributed by atoms with van der Waals surface area (Å²) in [6.07, 6.45) is 9.98. The third-order valence-corrected chi connectivity index (χ3v) is 3.27. The smallest absolute Gasteiger partial charge is 0.0615 e. The fraction of sp³-hybridized carbons (Fsp3) is 0.632. The Morgan fingerprint density at radius 3 is 2.30 bits per heavy atom. The van der Waals surface area contributed by atoms with Gasteiger partial charge in [-0.1, -0.05) is 52.0 Å². The molecule has 0 atom stereocenters. The highest BCUT2D eigenvalue weighted by atomic mass is 14.8. The van der Waals surface area contributed by atoms with Crippen molar-refractivity contribution in [1.29, 1.82) is 0 Å². The highest BCUT2D eigenvalue weighted by molar-refractivity contribution is 5.83. The maximum absolute atomic E-state index is 4.82. The van der Waals surface area contributed by atoms with Gasteiger partial charge in [-0.2, -0.15) is 0 Å². The Balaban J connectivity index is 4.68. The molecule has 0 heterocycles. The van der Waals surface area contributed by atoms with Crippen LogP contribution < -0.4 is 0 Å². The van der Waals surface area contributed by atoms with Crippen LogP contribution in [0.3, 0.4) is 0 Å². The summed E-state index contributed by atoms with van der Waals surface area (Å²) in [6.45, 7) is 17.1. The topological polar surface area (TPSA) is 12.4 Å². The van der Waals surface area contributed by atoms with Crippen LogP contribution in [-0.4, -0.2) is 5.71 Å². The summed E-state index contributed by atoms with van der Waals surface area (Å²) in [5, 5.41) is 0. The third kappa shape index (κ3) is 8.90. The molecule has 0 bridgehead atoms. The molecule has 0 fully saturated rings. The minimum absolute atomic E-state index is 0.568. The van der Waals surface area contributed by atoms with Gasteiger partial charge in [0, 0.05) is 5.71 Å². The van der Waals surface area contributed by atoms with Crippen LogP contribution in [0.2, 0.25) is 0 Å². The summed E-state index contributed by atoms with van der Waals surface area (Å²) in [6, 6.07) is 0. The van der Waals surface area contributed by atoms with Crippen molar-refractivity contribution in [3.63, 3.8) is 0 Å². The Labute approximate surface area is 126 Å². The van der Waals surface area contributed by atoms with Gasteiger partial charge in [0.05, 0.1) is 5.70 Å². The van der Waals surface area contributed by atoms with Gasteiger partial charge in [-0.3, -0.25) is 4.99 Å². The minimum Gasteiger partial charge on any atom is -0.258 e. The predicted molar refractivity (Wildman–Crippen MR) is 93.4 cm³/mol. The van der Waals surface area contributed by atoms with E-state index in [2.05, 4.69) is 60.3 Å². The second-order valence-corrected chi connectivity index (χ2v) is 5.90. The maximum atomic E-state index is 4.82. The zero-order chi connectivity index (χ0) is 15.5. The monoisotopic (exact) mass is 275 g/mol. The van der Waals surface area contributed by atoms with E-state index in [1.165, 1.54) is 16.9 Å². The summed E-state index contributed by atoms with van der Waals surface area (Å²) in [5.74, 6) is 0.568. The lowest BCUT2D eigenvalue weighted by atomic mass is 10.1. The van der Waals surface area contributed by atoms with E-state index in [0.29, 0.717) is 5.92 Å². The molecule has 0 unspecified atom stereocenters.